The van der Waals surface area contributed by atoms with Crippen molar-refractivity contribution >= 4 is 16.3 Å². The Kier molecular flexibility index (Phi) is 2.69. The number of benzene rings is 2. The highest BCUT2D eigenvalue weighted by molar-refractivity contribution is 5.87. The molecule has 2 aromatic carbocycles. The Morgan fingerprint density at radius 2 is 1.75 bits per heavy atom. The van der Waals surface area contributed by atoms with Crippen molar-refractivity contribution in [2.45, 2.75) is 12.8 Å². The number of rotatable bonds is 2. The van der Waals surface area contributed by atoms with Crippen LogP contribution in [-0.2, 0) is 0 Å². The van der Waals surface area contributed by atoms with E-state index in [1.54, 1.807) is 7.11 Å². The fourth-order valence-electron chi connectivity index (χ4n) is 3.48. The molecular weight excluding hydrogens is 246 g/mol. The van der Waals surface area contributed by atoms with Crippen molar-refractivity contribution in [3.8, 4) is 5.75 Å². The van der Waals surface area contributed by atoms with Gasteiger partial charge in [-0.2, -0.15) is 0 Å². The zero-order valence-electron chi connectivity index (χ0n) is 11.8. The molecule has 0 N–H and O–H groups in total. The molecule has 3 aliphatic rings. The summed E-state index contributed by atoms with van der Waals surface area (Å²) in [6.45, 7) is 2.47. The normalized spacial score (nSPS) is 18.4. The molecule has 2 bridgehead atoms. The third kappa shape index (κ3) is 1.87. The molecule has 1 fully saturated rings. The summed E-state index contributed by atoms with van der Waals surface area (Å²) in [6.07, 6.45) is 5.00. The van der Waals surface area contributed by atoms with E-state index in [1.807, 2.05) is 6.07 Å². The van der Waals surface area contributed by atoms with Crippen LogP contribution in [0, 0.1) is 5.92 Å². The lowest BCUT2D eigenvalue weighted by Crippen LogP contribution is -2.35. The molecule has 20 heavy (non-hydrogen) atoms. The van der Waals surface area contributed by atoms with Crippen LogP contribution < -0.4 is 4.74 Å². The minimum atomic E-state index is 0.760. The van der Waals surface area contributed by atoms with Gasteiger partial charge in [0.2, 0.25) is 0 Å². The minimum absolute atomic E-state index is 0.760. The van der Waals surface area contributed by atoms with Gasteiger partial charge in [-0.25, -0.2) is 0 Å². The van der Waals surface area contributed by atoms with E-state index in [9.17, 15) is 0 Å². The summed E-state index contributed by atoms with van der Waals surface area (Å²) in [7, 11) is 1.72. The third-order valence-corrected chi connectivity index (χ3v) is 4.67. The van der Waals surface area contributed by atoms with Crippen LogP contribution in [0.5, 0.6) is 5.75 Å². The number of methoxy groups -OCH3 is 1. The molecule has 0 atom stereocenters. The number of hydrogen-bond donors (Lipinski definition) is 0. The lowest BCUT2D eigenvalue weighted by Gasteiger charge is -2.39. The van der Waals surface area contributed by atoms with Crippen molar-refractivity contribution in [3.05, 3.63) is 48.2 Å². The minimum Gasteiger partial charge on any atom is -0.497 e. The molecular formula is C18H19NO. The summed E-state index contributed by atoms with van der Waals surface area (Å²) in [6, 6.07) is 13.1. The fourth-order valence-corrected chi connectivity index (χ4v) is 3.48. The Morgan fingerprint density at radius 1 is 1.00 bits per heavy atom. The topological polar surface area (TPSA) is 12.5 Å². The molecule has 2 nitrogen and oxygen atoms in total. The van der Waals surface area contributed by atoms with Crippen LogP contribution in [0.25, 0.3) is 16.3 Å². The predicted molar refractivity (Wildman–Crippen MR) is 82.8 cm³/mol. The smallest absolute Gasteiger partial charge is 0.119 e. The summed E-state index contributed by atoms with van der Waals surface area (Å²) in [4.78, 5) is 2.47. The van der Waals surface area contributed by atoms with Gasteiger partial charge in [-0.15, -0.1) is 0 Å². The molecule has 5 rings (SSSR count). The van der Waals surface area contributed by atoms with Crippen LogP contribution in [0.2, 0.25) is 0 Å². The van der Waals surface area contributed by atoms with Gasteiger partial charge in [-0.3, -0.25) is 0 Å². The van der Waals surface area contributed by atoms with Gasteiger partial charge >= 0.3 is 0 Å². The number of ether oxygens (including phenoxy) is 1. The molecule has 3 aliphatic heterocycles. The van der Waals surface area contributed by atoms with Crippen molar-refractivity contribution in [2.24, 2.45) is 5.92 Å². The summed E-state index contributed by atoms with van der Waals surface area (Å²) in [5, 5.41) is 2.54. The number of allylic oxidation sites excluding steroid dienone is 1. The van der Waals surface area contributed by atoms with Gasteiger partial charge in [0.25, 0.3) is 0 Å². The van der Waals surface area contributed by atoms with Crippen LogP contribution in [0.1, 0.15) is 18.4 Å². The van der Waals surface area contributed by atoms with Gasteiger partial charge in [-0.05, 0) is 58.9 Å². The first kappa shape index (κ1) is 11.8. The van der Waals surface area contributed by atoms with Crippen molar-refractivity contribution in [1.82, 2.24) is 4.90 Å². The number of nitrogens with zero attached hydrogens (tertiary/aromatic N) is 1. The van der Waals surface area contributed by atoms with Gasteiger partial charge in [-0.1, -0.05) is 18.2 Å². The zero-order valence-corrected chi connectivity index (χ0v) is 11.8. The highest BCUT2D eigenvalue weighted by Crippen LogP contribution is 2.38. The SMILES string of the molecule is COc1ccc2cc(C3=CN4CCC3CC4)ccc2c1. The van der Waals surface area contributed by atoms with Crippen molar-refractivity contribution in [1.29, 1.82) is 0 Å². The van der Waals surface area contributed by atoms with Crippen LogP contribution in [-0.4, -0.2) is 25.1 Å². The molecule has 3 heterocycles. The van der Waals surface area contributed by atoms with E-state index in [0.29, 0.717) is 0 Å². The van der Waals surface area contributed by atoms with E-state index in [0.717, 1.165) is 11.7 Å². The van der Waals surface area contributed by atoms with Crippen molar-refractivity contribution in [3.63, 3.8) is 0 Å². The van der Waals surface area contributed by atoms with Gasteiger partial charge in [0.05, 0.1) is 7.11 Å². The Morgan fingerprint density at radius 3 is 2.45 bits per heavy atom. The molecule has 0 unspecified atom stereocenters. The Bertz CT molecular complexity index is 681. The maximum absolute atomic E-state index is 5.29. The molecule has 0 saturated carbocycles. The molecule has 0 spiro atoms. The highest BCUT2D eigenvalue weighted by atomic mass is 16.5. The molecule has 102 valence electrons. The van der Waals surface area contributed by atoms with E-state index in [2.05, 4.69) is 41.4 Å². The molecule has 2 aromatic rings. The van der Waals surface area contributed by atoms with Crippen molar-refractivity contribution in [2.75, 3.05) is 20.2 Å². The van der Waals surface area contributed by atoms with Gasteiger partial charge < -0.3 is 9.64 Å². The fraction of sp³-hybridized carbons (Fsp3) is 0.333. The number of piperidine rings is 1. The van der Waals surface area contributed by atoms with E-state index in [-0.39, 0.29) is 0 Å². The molecule has 0 aromatic heterocycles. The Hall–Kier alpha value is -1.96. The zero-order chi connectivity index (χ0) is 13.5. The highest BCUT2D eigenvalue weighted by Gasteiger charge is 2.27. The first-order chi connectivity index (χ1) is 9.83. The summed E-state index contributed by atoms with van der Waals surface area (Å²) < 4.78 is 5.29. The van der Waals surface area contributed by atoms with E-state index < -0.39 is 0 Å². The van der Waals surface area contributed by atoms with Crippen LogP contribution in [0.3, 0.4) is 0 Å². The number of hydrogen-bond acceptors (Lipinski definition) is 2. The molecule has 0 aliphatic carbocycles. The van der Waals surface area contributed by atoms with Gasteiger partial charge in [0, 0.05) is 19.3 Å². The average molecular weight is 265 g/mol. The maximum atomic E-state index is 5.29. The van der Waals surface area contributed by atoms with Crippen molar-refractivity contribution < 1.29 is 4.74 Å². The summed E-state index contributed by atoms with van der Waals surface area (Å²) in [5.74, 6) is 1.68. The largest absolute Gasteiger partial charge is 0.497 e. The summed E-state index contributed by atoms with van der Waals surface area (Å²) >= 11 is 0. The van der Waals surface area contributed by atoms with E-state index >= 15 is 0 Å². The number of fused-ring (bicyclic) bond motifs is 3. The summed E-state index contributed by atoms with van der Waals surface area (Å²) in [5.41, 5.74) is 2.91. The van der Waals surface area contributed by atoms with Crippen LogP contribution in [0.15, 0.2) is 42.6 Å². The lowest BCUT2D eigenvalue weighted by molar-refractivity contribution is 0.252. The Balaban J connectivity index is 1.78. The molecule has 0 amide bonds. The average Bonchev–Trinajstić information content (AvgIpc) is 2.55. The van der Waals surface area contributed by atoms with Gasteiger partial charge in [0.15, 0.2) is 0 Å². The lowest BCUT2D eigenvalue weighted by atomic mass is 9.82. The molecule has 1 saturated heterocycles. The second-order valence-electron chi connectivity index (χ2n) is 5.82. The monoisotopic (exact) mass is 265 g/mol. The van der Waals surface area contributed by atoms with Gasteiger partial charge in [0.1, 0.15) is 5.75 Å². The molecule has 2 heteroatoms. The first-order valence-corrected chi connectivity index (χ1v) is 7.37. The second kappa shape index (κ2) is 4.55. The van der Waals surface area contributed by atoms with Crippen LogP contribution >= 0.6 is 0 Å². The molecule has 0 radical (unpaired) electrons. The third-order valence-electron chi connectivity index (χ3n) is 4.67. The predicted octanol–water partition coefficient (Wildman–Crippen LogP) is 3.91. The Labute approximate surface area is 119 Å². The quantitative estimate of drug-likeness (QED) is 0.816. The maximum Gasteiger partial charge on any atom is 0.119 e. The van der Waals surface area contributed by atoms with E-state index in [1.165, 1.54) is 47.8 Å². The first-order valence-electron chi connectivity index (χ1n) is 7.37. The van der Waals surface area contributed by atoms with E-state index in [4.69, 9.17) is 4.74 Å². The van der Waals surface area contributed by atoms with Crippen LogP contribution in [0.4, 0.5) is 0 Å². The standard InChI is InChI=1S/C18H19NO/c1-20-17-5-4-14-10-16(3-2-15(14)11-17)18-12-19-8-6-13(18)7-9-19/h2-5,10-13H,6-9H2,1H3. The second-order valence-corrected chi connectivity index (χ2v) is 5.82.